The van der Waals surface area contributed by atoms with Gasteiger partial charge in [-0.3, -0.25) is 0 Å². The monoisotopic (exact) mass is 295 g/mol. The molecule has 0 bridgehead atoms. The Morgan fingerprint density at radius 2 is 0.667 bits per heavy atom. The molecule has 0 aromatic rings. The summed E-state index contributed by atoms with van der Waals surface area (Å²) in [6.45, 7) is 0. The maximum absolute atomic E-state index is 2.40. The second-order valence-corrected chi connectivity index (χ2v) is 0. The number of rotatable bonds is 0. The molecule has 0 aliphatic heterocycles. The van der Waals surface area contributed by atoms with Crippen LogP contribution in [0, 0.1) is 29.7 Å². The maximum atomic E-state index is 2.40. The molecule has 2 heteroatoms. The fourth-order valence-corrected chi connectivity index (χ4v) is 0. The van der Waals surface area contributed by atoms with Crippen molar-refractivity contribution < 1.29 is 30.9 Å². The van der Waals surface area contributed by atoms with Gasteiger partial charge < -0.3 is 29.7 Å². The van der Waals surface area contributed by atoms with Gasteiger partial charge in [-0.1, -0.05) is 0 Å². The molecule has 6 heavy (non-hydrogen) atoms. The molecular weight excluding hydrogens is 283 g/mol. The molecule has 0 nitrogen and oxygen atoms in total. The molecule has 0 aliphatic carbocycles. The van der Waals surface area contributed by atoms with E-state index in [0.29, 0.717) is 0 Å². The van der Waals surface area contributed by atoms with Crippen molar-refractivity contribution in [1.29, 1.82) is 0 Å². The van der Waals surface area contributed by atoms with Gasteiger partial charge in [-0.15, -0.1) is 0 Å². The van der Waals surface area contributed by atoms with E-state index in [-0.39, 0.29) is 29.7 Å². The third kappa shape index (κ3) is 59.4. The van der Waals surface area contributed by atoms with Crippen molar-refractivity contribution in [2.75, 3.05) is 0 Å². The van der Waals surface area contributed by atoms with Crippen LogP contribution in [0.25, 0.3) is 0 Å². The molecular formula is C4H12VW-2. The number of hydrogen-bond donors (Lipinski definition) is 0. The topological polar surface area (TPSA) is 0 Å². The van der Waals surface area contributed by atoms with Gasteiger partial charge in [0.15, 0.2) is 0 Å². The van der Waals surface area contributed by atoms with Crippen molar-refractivity contribution in [1.82, 2.24) is 0 Å². The Morgan fingerprint density at radius 1 is 0.667 bits per heavy atom. The van der Waals surface area contributed by atoms with Gasteiger partial charge >= 0.3 is 30.9 Å². The van der Waals surface area contributed by atoms with Crippen LogP contribution in [-0.4, -0.2) is 0 Å². The van der Waals surface area contributed by atoms with Crippen LogP contribution in [-0.2, 0) is 30.9 Å². The van der Waals surface area contributed by atoms with E-state index in [2.05, 4.69) is 14.1 Å². The van der Waals surface area contributed by atoms with Crippen molar-refractivity contribution in [2.45, 2.75) is 0 Å². The molecule has 0 rings (SSSR count). The molecule has 0 aliphatic rings. The predicted octanol–water partition coefficient (Wildman–Crippen LogP) is 1.80. The quantitative estimate of drug-likeness (QED) is 0.598. The Labute approximate surface area is 60.5 Å². The fourth-order valence-electron chi connectivity index (χ4n) is 0. The van der Waals surface area contributed by atoms with Crippen LogP contribution in [0.5, 0.6) is 0 Å². The normalized spacial score (nSPS) is 1.00. The van der Waals surface area contributed by atoms with Gasteiger partial charge in [-0.2, -0.15) is 0 Å². The molecule has 0 unspecified atom stereocenters. The molecule has 0 saturated heterocycles. The summed E-state index contributed by atoms with van der Waals surface area (Å²) in [7, 11) is 0. The molecule has 0 N–H and O–H groups in total. The first-order valence-electron chi connectivity index (χ1n) is 0.183. The van der Waals surface area contributed by atoms with Crippen LogP contribution in [0.4, 0.5) is 0 Å². The van der Waals surface area contributed by atoms with Gasteiger partial charge in [0.1, 0.15) is 0 Å². The molecule has 0 aromatic heterocycles. The van der Waals surface area contributed by atoms with Gasteiger partial charge in [0.05, 0.1) is 0 Å². The summed E-state index contributed by atoms with van der Waals surface area (Å²) in [5.41, 5.74) is 0. The van der Waals surface area contributed by atoms with E-state index in [9.17, 15) is 0 Å². The first-order chi connectivity index (χ1) is 1.00. The van der Waals surface area contributed by atoms with E-state index in [1.807, 2.05) is 0 Å². The summed E-state index contributed by atoms with van der Waals surface area (Å²) < 4.78 is 0. The molecule has 0 atom stereocenters. The van der Waals surface area contributed by atoms with E-state index in [1.165, 1.54) is 16.8 Å². The van der Waals surface area contributed by atoms with E-state index in [0.717, 1.165) is 0 Å². The summed E-state index contributed by atoms with van der Waals surface area (Å²) in [6.07, 6.45) is 0. The Hall–Kier alpha value is 1.27. The van der Waals surface area contributed by atoms with Crippen LogP contribution in [0.3, 0.4) is 0 Å². The predicted molar refractivity (Wildman–Crippen MR) is 25.7 cm³/mol. The van der Waals surface area contributed by atoms with Crippen molar-refractivity contribution in [3.63, 3.8) is 0 Å². The molecule has 0 saturated carbocycles. The van der Waals surface area contributed by atoms with Crippen LogP contribution in [0.15, 0.2) is 0 Å². The van der Waals surface area contributed by atoms with Crippen LogP contribution < -0.4 is 0 Å². The Morgan fingerprint density at radius 3 is 0.667 bits per heavy atom. The average molecular weight is 295 g/mol. The van der Waals surface area contributed by atoms with Crippen LogP contribution in [0.2, 0.25) is 0 Å². The Balaban J connectivity index is -0.000000000833. The van der Waals surface area contributed by atoms with E-state index in [4.69, 9.17) is 0 Å². The first kappa shape index (κ1) is 55.4. The van der Waals surface area contributed by atoms with Gasteiger partial charge in [-0.05, 0) is 0 Å². The van der Waals surface area contributed by atoms with Gasteiger partial charge in [0.25, 0.3) is 0 Å². The molecule has 41 valence electrons. The second-order valence-electron chi connectivity index (χ2n) is 0. The minimum atomic E-state index is 0. The standard InChI is InChI=1S/4CH3.V.W/h4*1H3;;/q4*-1;+2;. The zero-order valence-electron chi connectivity index (χ0n) is 4.86. The molecule has 0 aromatic carbocycles. The summed E-state index contributed by atoms with van der Waals surface area (Å²) in [5, 5.41) is 0. The SMILES string of the molecule is [CH3-].[CH3-].[CH3-].[CH3-].[V+2]=[W]. The molecule has 0 spiro atoms. The second kappa shape index (κ2) is 108. The van der Waals surface area contributed by atoms with Crippen molar-refractivity contribution in [3.8, 4) is 0 Å². The van der Waals surface area contributed by atoms with Gasteiger partial charge in [-0.25, -0.2) is 0 Å². The van der Waals surface area contributed by atoms with Crippen molar-refractivity contribution >= 4 is 0 Å². The van der Waals surface area contributed by atoms with Gasteiger partial charge in [0.2, 0.25) is 0 Å². The summed E-state index contributed by atoms with van der Waals surface area (Å²) in [4.78, 5) is 0. The molecule has 0 heterocycles. The van der Waals surface area contributed by atoms with Crippen molar-refractivity contribution in [2.24, 2.45) is 0 Å². The van der Waals surface area contributed by atoms with Crippen LogP contribution in [0.1, 0.15) is 0 Å². The third-order valence-electron chi connectivity index (χ3n) is 0. The molecule has 0 radical (unpaired) electrons. The van der Waals surface area contributed by atoms with Gasteiger partial charge in [0, 0.05) is 0 Å². The minimum absolute atomic E-state index is 0. The summed E-state index contributed by atoms with van der Waals surface area (Å²) in [6, 6.07) is 0. The average Bonchev–Trinajstić information content (AvgIpc) is 1.00. The Kier molecular flexibility index (Phi) is 994. The molecule has 0 amide bonds. The zero-order chi connectivity index (χ0) is 2.00. The van der Waals surface area contributed by atoms with Crippen molar-refractivity contribution in [3.05, 3.63) is 29.7 Å². The summed E-state index contributed by atoms with van der Waals surface area (Å²) in [5.74, 6) is 0. The first-order valence-corrected chi connectivity index (χ1v) is 6.16. The Bertz CT molecular complexity index is 7.51. The van der Waals surface area contributed by atoms with Crippen LogP contribution >= 0.6 is 0 Å². The zero-order valence-corrected chi connectivity index (χ0v) is 9.19. The van der Waals surface area contributed by atoms with E-state index < -0.39 is 0 Å². The fraction of sp³-hybridized carbons (Fsp3) is 0. The summed E-state index contributed by atoms with van der Waals surface area (Å²) >= 11 is 3.92. The number of hydrogen-bond acceptors (Lipinski definition) is 0. The van der Waals surface area contributed by atoms with E-state index >= 15 is 0 Å². The third-order valence-corrected chi connectivity index (χ3v) is 0. The van der Waals surface area contributed by atoms with E-state index in [1.54, 1.807) is 0 Å². The molecule has 0 fully saturated rings.